The fraction of sp³-hybridized carbons (Fsp3) is 0.375. The molecule has 1 unspecified atom stereocenters. The van der Waals surface area contributed by atoms with Gasteiger partial charge in [-0.1, -0.05) is 0 Å². The van der Waals surface area contributed by atoms with E-state index in [0.717, 1.165) is 31.6 Å². The molecule has 0 saturated carbocycles. The van der Waals surface area contributed by atoms with Crippen molar-refractivity contribution in [2.24, 2.45) is 5.92 Å². The molecule has 1 fully saturated rings. The minimum atomic E-state index is -0.435. The van der Waals surface area contributed by atoms with Crippen LogP contribution in [0, 0.1) is 16.0 Å². The van der Waals surface area contributed by atoms with Crippen molar-refractivity contribution in [1.82, 2.24) is 15.2 Å². The van der Waals surface area contributed by atoms with Crippen LogP contribution < -0.4 is 5.32 Å². The quantitative estimate of drug-likeness (QED) is 0.663. The third-order valence-corrected chi connectivity index (χ3v) is 5.01. The maximum atomic E-state index is 12.5. The Kier molecular flexibility index (Phi) is 4.86. The first-order valence-corrected chi connectivity index (χ1v) is 8.60. The number of hydrogen-bond acceptors (Lipinski definition) is 6. The summed E-state index contributed by atoms with van der Waals surface area (Å²) in [5.41, 5.74) is 1.26. The van der Waals surface area contributed by atoms with E-state index in [2.05, 4.69) is 10.3 Å². The van der Waals surface area contributed by atoms with E-state index in [1.54, 1.807) is 17.5 Å². The monoisotopic (exact) mass is 346 g/mol. The first kappa shape index (κ1) is 16.5. The van der Waals surface area contributed by atoms with E-state index in [9.17, 15) is 14.9 Å². The van der Waals surface area contributed by atoms with Gasteiger partial charge in [-0.25, -0.2) is 4.98 Å². The average molecular weight is 346 g/mol. The Labute approximate surface area is 143 Å². The van der Waals surface area contributed by atoms with E-state index in [1.807, 2.05) is 11.9 Å². The molecule has 7 nitrogen and oxygen atoms in total. The summed E-state index contributed by atoms with van der Waals surface area (Å²) in [6, 6.07) is 6.20. The lowest BCUT2D eigenvalue weighted by Crippen LogP contribution is -2.30. The van der Waals surface area contributed by atoms with Gasteiger partial charge in [-0.3, -0.25) is 14.9 Å². The number of thiazole rings is 1. The van der Waals surface area contributed by atoms with Gasteiger partial charge < -0.3 is 10.2 Å². The van der Waals surface area contributed by atoms with Gasteiger partial charge >= 0.3 is 0 Å². The van der Waals surface area contributed by atoms with Gasteiger partial charge in [0.15, 0.2) is 0 Å². The molecule has 0 radical (unpaired) electrons. The van der Waals surface area contributed by atoms with Gasteiger partial charge in [0.1, 0.15) is 10.7 Å². The predicted octanol–water partition coefficient (Wildman–Crippen LogP) is 2.40. The minimum Gasteiger partial charge on any atom is -0.337 e. The third-order valence-electron chi connectivity index (χ3n) is 4.11. The number of aromatic nitrogens is 1. The summed E-state index contributed by atoms with van der Waals surface area (Å²) in [6.45, 7) is 2.43. The lowest BCUT2D eigenvalue weighted by molar-refractivity contribution is -0.384. The van der Waals surface area contributed by atoms with Crippen molar-refractivity contribution in [2.75, 3.05) is 26.7 Å². The van der Waals surface area contributed by atoms with E-state index in [4.69, 9.17) is 0 Å². The molecule has 0 aliphatic carbocycles. The van der Waals surface area contributed by atoms with Crippen molar-refractivity contribution in [2.45, 2.75) is 6.42 Å². The molecule has 0 bridgehead atoms. The van der Waals surface area contributed by atoms with E-state index in [0.29, 0.717) is 16.6 Å². The Morgan fingerprint density at radius 2 is 2.21 bits per heavy atom. The molecule has 1 N–H and O–H groups in total. The normalized spacial score (nSPS) is 17.2. The van der Waals surface area contributed by atoms with Crippen molar-refractivity contribution < 1.29 is 9.72 Å². The maximum Gasteiger partial charge on any atom is 0.273 e. The number of carbonyl (C=O) groups is 1. The average Bonchev–Trinajstić information content (AvgIpc) is 3.24. The highest BCUT2D eigenvalue weighted by Gasteiger charge is 2.27. The van der Waals surface area contributed by atoms with Gasteiger partial charge in [-0.2, -0.15) is 0 Å². The van der Waals surface area contributed by atoms with Crippen LogP contribution in [0.15, 0.2) is 29.6 Å². The van der Waals surface area contributed by atoms with Crippen LogP contribution in [-0.2, 0) is 0 Å². The molecule has 1 aromatic carbocycles. The van der Waals surface area contributed by atoms with Gasteiger partial charge in [0, 0.05) is 36.2 Å². The number of hydrogen-bond donors (Lipinski definition) is 1. The molecule has 1 atom stereocenters. The molecule has 126 valence electrons. The number of likely N-dealkylation sites (tertiary alicyclic amines) is 1. The summed E-state index contributed by atoms with van der Waals surface area (Å²) >= 11 is 1.37. The Hall–Kier alpha value is -2.32. The molecule has 1 aliphatic heterocycles. The molecular weight excluding hydrogens is 328 g/mol. The van der Waals surface area contributed by atoms with Crippen molar-refractivity contribution >= 4 is 22.9 Å². The highest BCUT2D eigenvalue weighted by atomic mass is 32.1. The van der Waals surface area contributed by atoms with E-state index in [-0.39, 0.29) is 11.6 Å². The number of nitro groups is 1. The summed E-state index contributed by atoms with van der Waals surface area (Å²) in [6.07, 6.45) is 1.01. The zero-order valence-electron chi connectivity index (χ0n) is 13.3. The molecule has 2 heterocycles. The smallest absolute Gasteiger partial charge is 0.273 e. The van der Waals surface area contributed by atoms with E-state index < -0.39 is 4.92 Å². The van der Waals surface area contributed by atoms with E-state index in [1.165, 1.54) is 23.5 Å². The molecule has 0 spiro atoms. The number of rotatable bonds is 5. The lowest BCUT2D eigenvalue weighted by Gasteiger charge is -2.15. The summed E-state index contributed by atoms with van der Waals surface area (Å²) in [4.78, 5) is 29.1. The first-order valence-electron chi connectivity index (χ1n) is 7.72. The first-order chi connectivity index (χ1) is 11.6. The zero-order chi connectivity index (χ0) is 17.1. The van der Waals surface area contributed by atoms with Crippen LogP contribution in [0.1, 0.15) is 16.9 Å². The molecule has 8 heteroatoms. The van der Waals surface area contributed by atoms with Gasteiger partial charge in [0.2, 0.25) is 0 Å². The van der Waals surface area contributed by atoms with Crippen molar-refractivity contribution in [3.05, 3.63) is 45.5 Å². The Balaban J connectivity index is 1.71. The number of amides is 1. The molecule has 1 aromatic heterocycles. The number of nitrogens with zero attached hydrogens (tertiary/aromatic N) is 3. The second-order valence-corrected chi connectivity index (χ2v) is 6.66. The topological polar surface area (TPSA) is 88.4 Å². The zero-order valence-corrected chi connectivity index (χ0v) is 14.1. The summed E-state index contributed by atoms with van der Waals surface area (Å²) in [7, 11) is 1.92. The SMILES string of the molecule is CNCC1CCN(C(=O)c2csc(-c3ccc([N+](=O)[O-])cc3)n2)C1. The van der Waals surface area contributed by atoms with Crippen LogP contribution in [0.3, 0.4) is 0 Å². The van der Waals surface area contributed by atoms with Crippen LogP contribution >= 0.6 is 11.3 Å². The number of non-ortho nitro benzene ring substituents is 1. The van der Waals surface area contributed by atoms with E-state index >= 15 is 0 Å². The molecule has 24 heavy (non-hydrogen) atoms. The number of carbonyl (C=O) groups excluding carboxylic acids is 1. The fourth-order valence-corrected chi connectivity index (χ4v) is 3.66. The lowest BCUT2D eigenvalue weighted by atomic mass is 10.1. The van der Waals surface area contributed by atoms with Crippen LogP contribution in [0.5, 0.6) is 0 Å². The minimum absolute atomic E-state index is 0.0410. The van der Waals surface area contributed by atoms with Crippen molar-refractivity contribution in [1.29, 1.82) is 0 Å². The van der Waals surface area contributed by atoms with Gasteiger partial charge in [-0.05, 0) is 38.1 Å². The second kappa shape index (κ2) is 7.06. The van der Waals surface area contributed by atoms with Crippen LogP contribution in [0.4, 0.5) is 5.69 Å². The van der Waals surface area contributed by atoms with Gasteiger partial charge in [0.25, 0.3) is 11.6 Å². The molecular formula is C16H18N4O3S. The van der Waals surface area contributed by atoms with Crippen LogP contribution in [0.25, 0.3) is 10.6 Å². The molecule has 1 aliphatic rings. The summed E-state index contributed by atoms with van der Waals surface area (Å²) < 4.78 is 0. The number of nitro benzene ring substituents is 1. The predicted molar refractivity (Wildman–Crippen MR) is 92.1 cm³/mol. The van der Waals surface area contributed by atoms with Crippen LogP contribution in [0.2, 0.25) is 0 Å². The molecule has 2 aromatic rings. The third kappa shape index (κ3) is 3.44. The van der Waals surface area contributed by atoms with Crippen LogP contribution in [-0.4, -0.2) is 47.4 Å². The van der Waals surface area contributed by atoms with Crippen molar-refractivity contribution in [3.63, 3.8) is 0 Å². The largest absolute Gasteiger partial charge is 0.337 e. The highest BCUT2D eigenvalue weighted by molar-refractivity contribution is 7.13. The molecule has 1 amide bonds. The number of benzene rings is 1. The summed E-state index contributed by atoms with van der Waals surface area (Å²) in [5.74, 6) is 0.449. The summed E-state index contributed by atoms with van der Waals surface area (Å²) in [5, 5.41) is 16.3. The number of nitrogens with one attached hydrogen (secondary N) is 1. The fourth-order valence-electron chi connectivity index (χ4n) is 2.86. The van der Waals surface area contributed by atoms with Gasteiger partial charge in [-0.15, -0.1) is 11.3 Å². The Morgan fingerprint density at radius 3 is 2.88 bits per heavy atom. The molecule has 3 rings (SSSR count). The highest BCUT2D eigenvalue weighted by Crippen LogP contribution is 2.27. The van der Waals surface area contributed by atoms with Gasteiger partial charge in [0.05, 0.1) is 4.92 Å². The molecule has 1 saturated heterocycles. The standard InChI is InChI=1S/C16H18N4O3S/c1-17-8-11-6-7-19(9-11)16(21)14-10-24-15(18-14)12-2-4-13(5-3-12)20(22)23/h2-5,10-11,17H,6-9H2,1H3. The van der Waals surface area contributed by atoms with Crippen molar-refractivity contribution in [3.8, 4) is 10.6 Å². The maximum absolute atomic E-state index is 12.5. The Bertz CT molecular complexity index is 744. The Morgan fingerprint density at radius 1 is 1.46 bits per heavy atom. The second-order valence-electron chi connectivity index (χ2n) is 5.81.